The molecule has 0 aromatic heterocycles. The van der Waals surface area contributed by atoms with Gasteiger partial charge in [-0.05, 0) is 28.7 Å². The summed E-state index contributed by atoms with van der Waals surface area (Å²) in [7, 11) is 0. The van der Waals surface area contributed by atoms with E-state index in [4.69, 9.17) is 0 Å². The van der Waals surface area contributed by atoms with Crippen LogP contribution in [0.15, 0.2) is 12.1 Å². The molecule has 0 N–H and O–H groups in total. The lowest BCUT2D eigenvalue weighted by molar-refractivity contribution is -0.140. The lowest BCUT2D eigenvalue weighted by atomic mass is 10.2. The smallest absolute Gasteiger partial charge is 0.207 e. The molecule has 6 heteroatoms. The van der Waals surface area contributed by atoms with E-state index in [1.54, 1.807) is 0 Å². The third-order valence-electron chi connectivity index (χ3n) is 1.29. The normalized spacial score (nSPS) is 11.8. The first-order valence-corrected chi connectivity index (χ1v) is 4.12. The maximum Gasteiger partial charge on any atom is 0.420 e. The summed E-state index contributed by atoms with van der Waals surface area (Å²) in [5, 5.41) is 0. The lowest BCUT2D eigenvalue weighted by Crippen LogP contribution is -2.11. The second-order valence-electron chi connectivity index (χ2n) is 2.24. The number of hydrogen-bond acceptors (Lipinski definition) is 0. The van der Waals surface area contributed by atoms with Crippen LogP contribution in [-0.4, -0.2) is 0 Å². The van der Waals surface area contributed by atoms with E-state index < -0.39 is 26.9 Å². The molecule has 0 saturated heterocycles. The van der Waals surface area contributed by atoms with Gasteiger partial charge in [0, 0.05) is 9.64 Å². The van der Waals surface area contributed by atoms with Crippen molar-refractivity contribution in [2.75, 3.05) is 0 Å². The van der Waals surface area contributed by atoms with Gasteiger partial charge in [-0.25, -0.2) is 8.78 Å². The second-order valence-corrected chi connectivity index (χ2v) is 3.40. The highest BCUT2D eigenvalue weighted by Gasteiger charge is 2.36. The molecule has 0 saturated carbocycles. The Labute approximate surface area is 83.9 Å². The molecule has 0 aliphatic carbocycles. The number of benzene rings is 1. The Kier molecular flexibility index (Phi) is 2.79. The van der Waals surface area contributed by atoms with Gasteiger partial charge in [0.15, 0.2) is 0 Å². The predicted octanol–water partition coefficient (Wildman–Crippen LogP) is 3.59. The number of alkyl halides is 3. The van der Waals surface area contributed by atoms with E-state index in [2.05, 4.69) is 0 Å². The summed E-state index contributed by atoms with van der Waals surface area (Å²) in [5.74, 6) is -2.60. The molecular weight excluding hydrogens is 306 g/mol. The quantitative estimate of drug-likeness (QED) is 0.507. The monoisotopic (exact) mass is 308 g/mol. The van der Waals surface area contributed by atoms with Crippen LogP contribution in [0, 0.1) is 15.2 Å². The van der Waals surface area contributed by atoms with E-state index >= 15 is 0 Å². The summed E-state index contributed by atoms with van der Waals surface area (Å²) in [6.45, 7) is 0. The molecule has 13 heavy (non-hydrogen) atoms. The Hall–Kier alpha value is -0.400. The first kappa shape index (κ1) is 10.7. The molecule has 0 heterocycles. The Morgan fingerprint density at radius 1 is 1.08 bits per heavy atom. The average Bonchev–Trinajstić information content (AvgIpc) is 1.78. The standard InChI is InChI=1S/C7H2F5I/c8-3-1-4(9)6(5(13)2-3)7(10,11)12/h1-2H. The number of halogens is 6. The van der Waals surface area contributed by atoms with Crippen LogP contribution < -0.4 is 0 Å². The third kappa shape index (κ3) is 2.29. The SMILES string of the molecule is Fc1cc(F)c(C(F)(F)F)c(I)c1. The van der Waals surface area contributed by atoms with Crippen molar-refractivity contribution >= 4 is 22.6 Å². The average molecular weight is 308 g/mol. The molecule has 72 valence electrons. The summed E-state index contributed by atoms with van der Waals surface area (Å²) in [5.41, 5.74) is -1.42. The summed E-state index contributed by atoms with van der Waals surface area (Å²) in [6.07, 6.45) is -4.78. The van der Waals surface area contributed by atoms with E-state index in [0.717, 1.165) is 0 Å². The van der Waals surface area contributed by atoms with Crippen LogP contribution in [0.2, 0.25) is 0 Å². The fraction of sp³-hybridized carbons (Fsp3) is 0.143. The van der Waals surface area contributed by atoms with Crippen molar-refractivity contribution in [3.05, 3.63) is 32.9 Å². The van der Waals surface area contributed by atoms with Crippen LogP contribution in [0.4, 0.5) is 22.0 Å². The van der Waals surface area contributed by atoms with Gasteiger partial charge < -0.3 is 0 Å². The highest BCUT2D eigenvalue weighted by molar-refractivity contribution is 14.1. The van der Waals surface area contributed by atoms with E-state index in [1.807, 2.05) is 0 Å². The summed E-state index contributed by atoms with van der Waals surface area (Å²) in [6, 6.07) is 0.845. The molecule has 0 aliphatic rings. The zero-order chi connectivity index (χ0) is 10.2. The molecule has 1 rings (SSSR count). The van der Waals surface area contributed by atoms with Crippen LogP contribution in [0.1, 0.15) is 5.56 Å². The molecule has 0 aliphatic heterocycles. The van der Waals surface area contributed by atoms with Gasteiger partial charge in [-0.15, -0.1) is 0 Å². The highest BCUT2D eigenvalue weighted by atomic mass is 127. The summed E-state index contributed by atoms with van der Waals surface area (Å²) >= 11 is 1.24. The first-order valence-electron chi connectivity index (χ1n) is 3.04. The second kappa shape index (κ2) is 3.39. The predicted molar refractivity (Wildman–Crippen MR) is 44.1 cm³/mol. The van der Waals surface area contributed by atoms with Gasteiger partial charge in [-0.2, -0.15) is 13.2 Å². The molecule has 0 nitrogen and oxygen atoms in total. The Bertz CT molecular complexity index is 307. The van der Waals surface area contributed by atoms with E-state index in [1.165, 1.54) is 22.6 Å². The summed E-state index contributed by atoms with van der Waals surface area (Å²) in [4.78, 5) is 0. The molecule has 1 aromatic rings. The number of hydrogen-bond donors (Lipinski definition) is 0. The van der Waals surface area contributed by atoms with Crippen molar-refractivity contribution in [2.24, 2.45) is 0 Å². The zero-order valence-corrected chi connectivity index (χ0v) is 8.08. The minimum absolute atomic E-state index is 0.213. The zero-order valence-electron chi connectivity index (χ0n) is 5.92. The van der Waals surface area contributed by atoms with Gasteiger partial charge in [0.05, 0.1) is 0 Å². The Morgan fingerprint density at radius 3 is 2.00 bits per heavy atom. The van der Waals surface area contributed by atoms with Crippen LogP contribution in [-0.2, 0) is 6.18 Å². The van der Waals surface area contributed by atoms with Gasteiger partial charge in [0.25, 0.3) is 0 Å². The molecule has 0 unspecified atom stereocenters. The minimum Gasteiger partial charge on any atom is -0.207 e. The Balaban J connectivity index is 3.38. The van der Waals surface area contributed by atoms with Crippen LogP contribution in [0.25, 0.3) is 0 Å². The van der Waals surface area contributed by atoms with E-state index in [9.17, 15) is 22.0 Å². The minimum atomic E-state index is -4.78. The van der Waals surface area contributed by atoms with Gasteiger partial charge in [-0.3, -0.25) is 0 Å². The summed E-state index contributed by atoms with van der Waals surface area (Å²) < 4.78 is 60.8. The van der Waals surface area contributed by atoms with Crippen molar-refractivity contribution in [1.29, 1.82) is 0 Å². The van der Waals surface area contributed by atoms with Crippen molar-refractivity contribution in [2.45, 2.75) is 6.18 Å². The molecule has 1 aromatic carbocycles. The maximum absolute atomic E-state index is 12.6. The highest BCUT2D eigenvalue weighted by Crippen LogP contribution is 2.35. The lowest BCUT2D eigenvalue weighted by Gasteiger charge is -2.09. The van der Waals surface area contributed by atoms with Gasteiger partial charge in [0.2, 0.25) is 0 Å². The molecule has 0 fully saturated rings. The Morgan fingerprint density at radius 2 is 1.62 bits per heavy atom. The molecule has 0 radical (unpaired) electrons. The largest absolute Gasteiger partial charge is 0.420 e. The van der Waals surface area contributed by atoms with Crippen molar-refractivity contribution < 1.29 is 22.0 Å². The maximum atomic E-state index is 12.6. The van der Waals surface area contributed by atoms with Crippen LogP contribution in [0.3, 0.4) is 0 Å². The fourth-order valence-electron chi connectivity index (χ4n) is 0.813. The van der Waals surface area contributed by atoms with Crippen molar-refractivity contribution in [3.63, 3.8) is 0 Å². The molecule has 0 amide bonds. The van der Waals surface area contributed by atoms with Crippen molar-refractivity contribution in [1.82, 2.24) is 0 Å². The van der Waals surface area contributed by atoms with Crippen molar-refractivity contribution in [3.8, 4) is 0 Å². The molecule has 0 spiro atoms. The molecule has 0 bridgehead atoms. The van der Waals surface area contributed by atoms with Gasteiger partial charge in [0.1, 0.15) is 17.2 Å². The third-order valence-corrected chi connectivity index (χ3v) is 2.14. The van der Waals surface area contributed by atoms with E-state index in [0.29, 0.717) is 6.07 Å². The van der Waals surface area contributed by atoms with Crippen LogP contribution in [0.5, 0.6) is 0 Å². The topological polar surface area (TPSA) is 0 Å². The van der Waals surface area contributed by atoms with Crippen LogP contribution >= 0.6 is 22.6 Å². The van der Waals surface area contributed by atoms with E-state index in [-0.39, 0.29) is 6.07 Å². The van der Waals surface area contributed by atoms with Gasteiger partial charge >= 0.3 is 6.18 Å². The molecular formula is C7H2F5I. The first-order chi connectivity index (χ1) is 5.82. The fourth-order valence-corrected chi connectivity index (χ4v) is 1.67. The number of rotatable bonds is 0. The molecule has 0 atom stereocenters. The van der Waals surface area contributed by atoms with Gasteiger partial charge in [-0.1, -0.05) is 0 Å².